The molecular formula is C16H31NO5Si. The molecule has 1 N–H and O–H groups in total. The summed E-state index contributed by atoms with van der Waals surface area (Å²) in [7, 11) is -1.96. The number of esters is 1. The summed E-state index contributed by atoms with van der Waals surface area (Å²) in [6.45, 7) is 16.5. The number of ether oxygens (including phenoxy) is 2. The molecule has 1 rings (SSSR count). The van der Waals surface area contributed by atoms with E-state index in [2.05, 4.69) is 39.2 Å². The summed E-state index contributed by atoms with van der Waals surface area (Å²) < 4.78 is 16.4. The number of carbonyl (C=O) groups excluding carboxylic acids is 2. The van der Waals surface area contributed by atoms with Crippen LogP contribution >= 0.6 is 0 Å². The van der Waals surface area contributed by atoms with E-state index in [1.54, 1.807) is 20.8 Å². The highest BCUT2D eigenvalue weighted by atomic mass is 28.4. The highest BCUT2D eigenvalue weighted by molar-refractivity contribution is 6.74. The van der Waals surface area contributed by atoms with Crippen LogP contribution in [0, 0.1) is 5.92 Å². The van der Waals surface area contributed by atoms with E-state index in [-0.39, 0.29) is 24.2 Å². The average molecular weight is 346 g/mol. The lowest BCUT2D eigenvalue weighted by molar-refractivity contribution is -0.142. The molecule has 0 spiro atoms. The number of rotatable bonds is 4. The maximum absolute atomic E-state index is 11.9. The number of cyclic esters (lactones) is 1. The molecule has 0 aliphatic carbocycles. The summed E-state index contributed by atoms with van der Waals surface area (Å²) in [5, 5.41) is 2.78. The first-order valence-electron chi connectivity index (χ1n) is 8.03. The molecule has 1 aliphatic heterocycles. The van der Waals surface area contributed by atoms with Crippen molar-refractivity contribution in [1.29, 1.82) is 0 Å². The Morgan fingerprint density at radius 1 is 1.26 bits per heavy atom. The first kappa shape index (κ1) is 20.0. The highest BCUT2D eigenvalue weighted by Crippen LogP contribution is 2.37. The van der Waals surface area contributed by atoms with Gasteiger partial charge < -0.3 is 19.2 Å². The van der Waals surface area contributed by atoms with Gasteiger partial charge in [0.25, 0.3) is 0 Å². The molecule has 134 valence electrons. The van der Waals surface area contributed by atoms with Gasteiger partial charge in [0.2, 0.25) is 0 Å². The standard InChI is InChI=1S/C16H31NO5Si/c1-15(2,3)22-14(19)17-12-10-20-13(18)11(12)9-21-23(7,8)16(4,5)6/h11-12H,9-10H2,1-8H3,(H,17,19)/t11-,12+/m0/s1. The molecule has 1 amide bonds. The SMILES string of the molecule is CC(C)(C)OC(=O)N[C@@H]1COC(=O)[C@H]1CO[Si](C)(C)C(C)(C)C. The van der Waals surface area contributed by atoms with Crippen molar-refractivity contribution in [2.24, 2.45) is 5.92 Å². The van der Waals surface area contributed by atoms with E-state index in [1.165, 1.54) is 0 Å². The quantitative estimate of drug-likeness (QED) is 0.626. The predicted octanol–water partition coefficient (Wildman–Crippen LogP) is 3.07. The van der Waals surface area contributed by atoms with Gasteiger partial charge in [0.1, 0.15) is 18.1 Å². The molecule has 0 saturated carbocycles. The fourth-order valence-electron chi connectivity index (χ4n) is 1.86. The summed E-state index contributed by atoms with van der Waals surface area (Å²) in [6.07, 6.45) is -0.543. The first-order valence-corrected chi connectivity index (χ1v) is 10.9. The van der Waals surface area contributed by atoms with Crippen molar-refractivity contribution >= 4 is 20.4 Å². The van der Waals surface area contributed by atoms with Crippen LogP contribution in [-0.2, 0) is 18.7 Å². The van der Waals surface area contributed by atoms with E-state index >= 15 is 0 Å². The van der Waals surface area contributed by atoms with E-state index < -0.39 is 32.0 Å². The first-order chi connectivity index (χ1) is 10.2. The predicted molar refractivity (Wildman–Crippen MR) is 90.8 cm³/mol. The number of carbonyl (C=O) groups is 2. The maximum atomic E-state index is 11.9. The van der Waals surface area contributed by atoms with Crippen LogP contribution < -0.4 is 5.32 Å². The molecule has 2 atom stereocenters. The van der Waals surface area contributed by atoms with Crippen molar-refractivity contribution < 1.29 is 23.5 Å². The van der Waals surface area contributed by atoms with Gasteiger partial charge in [-0.3, -0.25) is 4.79 Å². The van der Waals surface area contributed by atoms with Gasteiger partial charge in [-0.15, -0.1) is 0 Å². The van der Waals surface area contributed by atoms with Crippen LogP contribution in [0.4, 0.5) is 4.79 Å². The number of alkyl carbamates (subject to hydrolysis) is 1. The van der Waals surface area contributed by atoms with Crippen LogP contribution in [0.2, 0.25) is 18.1 Å². The van der Waals surface area contributed by atoms with Gasteiger partial charge >= 0.3 is 12.1 Å². The zero-order chi connectivity index (χ0) is 18.1. The Kier molecular flexibility index (Phi) is 5.91. The van der Waals surface area contributed by atoms with Crippen molar-refractivity contribution in [2.75, 3.05) is 13.2 Å². The summed E-state index contributed by atoms with van der Waals surface area (Å²) in [6, 6.07) is -0.415. The Morgan fingerprint density at radius 2 is 1.83 bits per heavy atom. The van der Waals surface area contributed by atoms with Crippen LogP contribution in [0.3, 0.4) is 0 Å². The molecule has 0 radical (unpaired) electrons. The fourth-order valence-corrected chi connectivity index (χ4v) is 2.89. The maximum Gasteiger partial charge on any atom is 0.408 e. The number of nitrogens with one attached hydrogen (secondary N) is 1. The highest BCUT2D eigenvalue weighted by Gasteiger charge is 2.43. The van der Waals surface area contributed by atoms with Gasteiger partial charge in [0, 0.05) is 6.61 Å². The van der Waals surface area contributed by atoms with Gasteiger partial charge in [-0.1, -0.05) is 20.8 Å². The van der Waals surface area contributed by atoms with Crippen LogP contribution in [0.25, 0.3) is 0 Å². The van der Waals surface area contributed by atoms with E-state index in [0.29, 0.717) is 0 Å². The Balaban J connectivity index is 2.65. The zero-order valence-electron chi connectivity index (χ0n) is 15.6. The molecular weight excluding hydrogens is 314 g/mol. The minimum absolute atomic E-state index is 0.0591. The minimum Gasteiger partial charge on any atom is -0.463 e. The minimum atomic E-state index is -1.96. The lowest BCUT2D eigenvalue weighted by Crippen LogP contribution is -2.47. The van der Waals surface area contributed by atoms with Crippen LogP contribution in [0.15, 0.2) is 0 Å². The fraction of sp³-hybridized carbons (Fsp3) is 0.875. The topological polar surface area (TPSA) is 73.9 Å². The molecule has 0 aromatic carbocycles. The van der Waals surface area contributed by atoms with Crippen LogP contribution in [0.1, 0.15) is 41.5 Å². The molecule has 6 nitrogen and oxygen atoms in total. The molecule has 23 heavy (non-hydrogen) atoms. The summed E-state index contributed by atoms with van der Waals surface area (Å²) in [5.74, 6) is -0.818. The number of hydrogen-bond donors (Lipinski definition) is 1. The van der Waals surface area contributed by atoms with Crippen molar-refractivity contribution in [3.63, 3.8) is 0 Å². The van der Waals surface area contributed by atoms with Crippen molar-refractivity contribution in [3.05, 3.63) is 0 Å². The van der Waals surface area contributed by atoms with Crippen LogP contribution in [-0.4, -0.2) is 45.2 Å². The molecule has 0 bridgehead atoms. The third-order valence-electron chi connectivity index (χ3n) is 4.33. The van der Waals surface area contributed by atoms with Crippen LogP contribution in [0.5, 0.6) is 0 Å². The normalized spacial score (nSPS) is 22.7. The Bertz CT molecular complexity index is 450. The average Bonchev–Trinajstić information content (AvgIpc) is 2.63. The Morgan fingerprint density at radius 3 is 2.30 bits per heavy atom. The lowest BCUT2D eigenvalue weighted by atomic mass is 10.1. The largest absolute Gasteiger partial charge is 0.463 e. The molecule has 1 saturated heterocycles. The molecule has 0 unspecified atom stereocenters. The van der Waals surface area contributed by atoms with Crippen molar-refractivity contribution in [3.8, 4) is 0 Å². The van der Waals surface area contributed by atoms with E-state index in [4.69, 9.17) is 13.9 Å². The third kappa shape index (κ3) is 5.80. The third-order valence-corrected chi connectivity index (χ3v) is 8.83. The molecule has 1 fully saturated rings. The Hall–Kier alpha value is -1.08. The molecule has 0 aromatic rings. The smallest absolute Gasteiger partial charge is 0.408 e. The second-order valence-electron chi connectivity index (χ2n) is 8.56. The summed E-state index contributed by atoms with van der Waals surface area (Å²) >= 11 is 0. The lowest BCUT2D eigenvalue weighted by Gasteiger charge is -2.37. The monoisotopic (exact) mass is 345 g/mol. The van der Waals surface area contributed by atoms with Gasteiger partial charge in [0.05, 0.1) is 6.04 Å². The molecule has 0 aromatic heterocycles. The number of amides is 1. The summed E-state index contributed by atoms with van der Waals surface area (Å²) in [5.41, 5.74) is -0.583. The van der Waals surface area contributed by atoms with Gasteiger partial charge in [0.15, 0.2) is 8.32 Å². The zero-order valence-corrected chi connectivity index (χ0v) is 16.6. The number of hydrogen-bond acceptors (Lipinski definition) is 5. The van der Waals surface area contributed by atoms with Gasteiger partial charge in [-0.05, 0) is 38.9 Å². The van der Waals surface area contributed by atoms with Crippen molar-refractivity contribution in [2.45, 2.75) is 71.3 Å². The van der Waals surface area contributed by atoms with E-state index in [0.717, 1.165) is 0 Å². The van der Waals surface area contributed by atoms with Crippen molar-refractivity contribution in [1.82, 2.24) is 5.32 Å². The molecule has 1 heterocycles. The second kappa shape index (κ2) is 6.81. The summed E-state index contributed by atoms with van der Waals surface area (Å²) in [4.78, 5) is 23.8. The molecule has 7 heteroatoms. The van der Waals surface area contributed by atoms with E-state index in [9.17, 15) is 9.59 Å². The van der Waals surface area contributed by atoms with Gasteiger partial charge in [-0.25, -0.2) is 4.79 Å². The van der Waals surface area contributed by atoms with Gasteiger partial charge in [-0.2, -0.15) is 0 Å². The Labute approximate surface area is 140 Å². The van der Waals surface area contributed by atoms with E-state index in [1.807, 2.05) is 0 Å². The molecule has 1 aliphatic rings. The second-order valence-corrected chi connectivity index (χ2v) is 13.4.